The molecule has 5 heteroatoms. The second-order valence-corrected chi connectivity index (χ2v) is 4.72. The second kappa shape index (κ2) is 5.38. The maximum Gasteiger partial charge on any atom is 0.255 e. The fraction of sp³-hybridized carbons (Fsp3) is 0.200. The molecule has 2 aromatic rings. The Morgan fingerprint density at radius 1 is 1.30 bits per heavy atom. The summed E-state index contributed by atoms with van der Waals surface area (Å²) < 4.78 is 13.5. The van der Waals surface area contributed by atoms with Crippen LogP contribution in [0, 0.1) is 5.82 Å². The number of anilines is 1. The third-order valence-electron chi connectivity index (χ3n) is 3.38. The number of nitrogens with one attached hydrogen (secondary N) is 2. The lowest BCUT2D eigenvalue weighted by molar-refractivity contribution is 0.102. The zero-order chi connectivity index (χ0) is 13.9. The number of halogens is 1. The fourth-order valence-corrected chi connectivity index (χ4v) is 2.29. The van der Waals surface area contributed by atoms with Crippen LogP contribution in [-0.4, -0.2) is 17.4 Å². The van der Waals surface area contributed by atoms with Crippen LogP contribution in [0.3, 0.4) is 0 Å². The number of hydrogen-bond acceptors (Lipinski definition) is 3. The van der Waals surface area contributed by atoms with Gasteiger partial charge in [-0.15, -0.1) is 0 Å². The summed E-state index contributed by atoms with van der Waals surface area (Å²) in [6.45, 7) is 1.72. The lowest BCUT2D eigenvalue weighted by atomic mass is 9.98. The minimum atomic E-state index is -0.541. The Morgan fingerprint density at radius 3 is 3.05 bits per heavy atom. The fourth-order valence-electron chi connectivity index (χ4n) is 2.29. The van der Waals surface area contributed by atoms with E-state index in [-0.39, 0.29) is 11.6 Å². The average Bonchev–Trinajstić information content (AvgIpc) is 2.49. The summed E-state index contributed by atoms with van der Waals surface area (Å²) in [6, 6.07) is 7.04. The molecule has 0 bridgehead atoms. The first kappa shape index (κ1) is 12.7. The van der Waals surface area contributed by atoms with Crippen LogP contribution < -0.4 is 10.6 Å². The molecule has 1 aliphatic rings. The molecule has 0 spiro atoms. The van der Waals surface area contributed by atoms with Crippen LogP contribution in [0.4, 0.5) is 10.1 Å². The van der Waals surface area contributed by atoms with Gasteiger partial charge in [0.05, 0.1) is 11.9 Å². The second-order valence-electron chi connectivity index (χ2n) is 4.72. The molecule has 1 aliphatic heterocycles. The van der Waals surface area contributed by atoms with E-state index >= 15 is 0 Å². The third kappa shape index (κ3) is 2.53. The predicted octanol–water partition coefficient (Wildman–Crippen LogP) is 2.12. The number of amides is 1. The Hall–Kier alpha value is -2.27. The Balaban J connectivity index is 1.82. The first-order chi connectivity index (χ1) is 9.74. The van der Waals surface area contributed by atoms with Crippen LogP contribution in [0.2, 0.25) is 0 Å². The molecule has 0 saturated carbocycles. The molecular formula is C15H14FN3O. The van der Waals surface area contributed by atoms with Gasteiger partial charge in [-0.25, -0.2) is 4.39 Å². The minimum absolute atomic E-state index is 0.140. The van der Waals surface area contributed by atoms with Crippen molar-refractivity contribution in [2.24, 2.45) is 0 Å². The summed E-state index contributed by atoms with van der Waals surface area (Å²) in [5, 5.41) is 5.82. The molecule has 0 fully saturated rings. The van der Waals surface area contributed by atoms with E-state index < -0.39 is 5.82 Å². The van der Waals surface area contributed by atoms with Crippen molar-refractivity contribution in [2.75, 3.05) is 11.9 Å². The summed E-state index contributed by atoms with van der Waals surface area (Å²) >= 11 is 0. The molecule has 3 rings (SSSR count). The van der Waals surface area contributed by atoms with E-state index in [9.17, 15) is 9.18 Å². The SMILES string of the molecule is O=C(Nc1ccncc1F)c1ccc2c(c1)CNCC2. The van der Waals surface area contributed by atoms with Gasteiger partial charge in [-0.3, -0.25) is 9.78 Å². The number of nitrogens with zero attached hydrogens (tertiary/aromatic N) is 1. The molecule has 1 aromatic carbocycles. The van der Waals surface area contributed by atoms with Crippen molar-refractivity contribution < 1.29 is 9.18 Å². The van der Waals surface area contributed by atoms with Gasteiger partial charge in [0, 0.05) is 18.3 Å². The molecule has 102 valence electrons. The normalized spacial score (nSPS) is 13.7. The number of hydrogen-bond donors (Lipinski definition) is 2. The first-order valence-corrected chi connectivity index (χ1v) is 6.47. The Kier molecular flexibility index (Phi) is 3.43. The van der Waals surface area contributed by atoms with Gasteiger partial charge in [0.15, 0.2) is 5.82 Å². The highest BCUT2D eigenvalue weighted by Gasteiger charge is 2.13. The van der Waals surface area contributed by atoms with Crippen LogP contribution in [0.5, 0.6) is 0 Å². The van der Waals surface area contributed by atoms with Crippen molar-refractivity contribution in [1.82, 2.24) is 10.3 Å². The quantitative estimate of drug-likeness (QED) is 0.879. The van der Waals surface area contributed by atoms with E-state index in [4.69, 9.17) is 0 Å². The van der Waals surface area contributed by atoms with Gasteiger partial charge in [-0.1, -0.05) is 6.07 Å². The zero-order valence-electron chi connectivity index (χ0n) is 10.8. The van der Waals surface area contributed by atoms with E-state index in [1.165, 1.54) is 17.8 Å². The lowest BCUT2D eigenvalue weighted by Crippen LogP contribution is -2.24. The van der Waals surface area contributed by atoms with Gasteiger partial charge in [0.1, 0.15) is 0 Å². The highest BCUT2D eigenvalue weighted by atomic mass is 19.1. The molecule has 1 aromatic heterocycles. The van der Waals surface area contributed by atoms with Crippen LogP contribution in [0.1, 0.15) is 21.5 Å². The summed E-state index contributed by atoms with van der Waals surface area (Å²) in [5.74, 6) is -0.857. The number of carbonyl (C=O) groups excluding carboxylic acids is 1. The predicted molar refractivity (Wildman–Crippen MR) is 74.0 cm³/mol. The van der Waals surface area contributed by atoms with E-state index in [1.54, 1.807) is 6.07 Å². The van der Waals surface area contributed by atoms with Crippen molar-refractivity contribution in [2.45, 2.75) is 13.0 Å². The van der Waals surface area contributed by atoms with Crippen LogP contribution in [0.25, 0.3) is 0 Å². The maximum atomic E-state index is 13.5. The number of rotatable bonds is 2. The summed E-state index contributed by atoms with van der Waals surface area (Å²) in [4.78, 5) is 15.8. The molecule has 0 aliphatic carbocycles. The first-order valence-electron chi connectivity index (χ1n) is 6.47. The monoisotopic (exact) mass is 271 g/mol. The van der Waals surface area contributed by atoms with Gasteiger partial charge in [-0.05, 0) is 42.3 Å². The Bertz CT molecular complexity index is 657. The smallest absolute Gasteiger partial charge is 0.255 e. The van der Waals surface area contributed by atoms with Gasteiger partial charge < -0.3 is 10.6 Å². The Labute approximate surface area is 116 Å². The molecule has 2 heterocycles. The topological polar surface area (TPSA) is 54.0 Å². The van der Waals surface area contributed by atoms with Crippen molar-refractivity contribution >= 4 is 11.6 Å². The molecule has 0 unspecified atom stereocenters. The Morgan fingerprint density at radius 2 is 2.20 bits per heavy atom. The van der Waals surface area contributed by atoms with Crippen LogP contribution in [-0.2, 0) is 13.0 Å². The number of aromatic nitrogens is 1. The summed E-state index contributed by atoms with van der Waals surface area (Å²) in [5.41, 5.74) is 3.05. The molecule has 20 heavy (non-hydrogen) atoms. The molecule has 4 nitrogen and oxygen atoms in total. The number of pyridine rings is 1. The molecule has 2 N–H and O–H groups in total. The van der Waals surface area contributed by atoms with Gasteiger partial charge in [0.25, 0.3) is 5.91 Å². The largest absolute Gasteiger partial charge is 0.319 e. The van der Waals surface area contributed by atoms with Crippen LogP contribution in [0.15, 0.2) is 36.7 Å². The van der Waals surface area contributed by atoms with E-state index in [1.807, 2.05) is 12.1 Å². The number of carbonyl (C=O) groups is 1. The highest BCUT2D eigenvalue weighted by molar-refractivity contribution is 6.04. The zero-order valence-corrected chi connectivity index (χ0v) is 10.8. The van der Waals surface area contributed by atoms with E-state index in [0.717, 1.165) is 31.3 Å². The molecular weight excluding hydrogens is 257 g/mol. The standard InChI is InChI=1S/C15H14FN3O/c16-13-9-18-6-4-14(13)19-15(20)11-2-1-10-3-5-17-8-12(10)7-11/h1-2,4,6-7,9,17H,3,5,8H2,(H,18,19,20). The van der Waals surface area contributed by atoms with Gasteiger partial charge in [-0.2, -0.15) is 0 Å². The molecule has 0 saturated heterocycles. The van der Waals surface area contributed by atoms with E-state index in [2.05, 4.69) is 15.6 Å². The van der Waals surface area contributed by atoms with Crippen LogP contribution >= 0.6 is 0 Å². The minimum Gasteiger partial charge on any atom is -0.319 e. The molecule has 1 amide bonds. The van der Waals surface area contributed by atoms with Gasteiger partial charge in [0.2, 0.25) is 0 Å². The lowest BCUT2D eigenvalue weighted by Gasteiger charge is -2.17. The number of fused-ring (bicyclic) bond motifs is 1. The maximum absolute atomic E-state index is 13.5. The highest BCUT2D eigenvalue weighted by Crippen LogP contribution is 2.18. The summed E-state index contributed by atoms with van der Waals surface area (Å²) in [6.07, 6.45) is 3.48. The van der Waals surface area contributed by atoms with Gasteiger partial charge >= 0.3 is 0 Å². The van der Waals surface area contributed by atoms with Crippen molar-refractivity contribution in [3.8, 4) is 0 Å². The molecule has 0 radical (unpaired) electrons. The third-order valence-corrected chi connectivity index (χ3v) is 3.38. The summed E-state index contributed by atoms with van der Waals surface area (Å²) in [7, 11) is 0. The van der Waals surface area contributed by atoms with Crippen molar-refractivity contribution in [3.63, 3.8) is 0 Å². The molecule has 0 atom stereocenters. The van der Waals surface area contributed by atoms with Crippen molar-refractivity contribution in [1.29, 1.82) is 0 Å². The van der Waals surface area contributed by atoms with E-state index in [0.29, 0.717) is 5.56 Å². The van der Waals surface area contributed by atoms with Crippen molar-refractivity contribution in [3.05, 3.63) is 59.2 Å². The number of benzene rings is 1. The average molecular weight is 271 g/mol.